The molecule has 0 unspecified atom stereocenters. The molecule has 4 nitrogen and oxygen atoms in total. The first-order chi connectivity index (χ1) is 4.83. The second-order valence-corrected chi connectivity index (χ2v) is 1.90. The molecule has 1 heterocycles. The number of aliphatic hydroxyl groups excluding tert-OH is 1. The van der Waals surface area contributed by atoms with Crippen LogP contribution in [-0.4, -0.2) is 28.1 Å². The van der Waals surface area contributed by atoms with Crippen LogP contribution in [0, 0.1) is 0 Å². The van der Waals surface area contributed by atoms with Gasteiger partial charge in [0.2, 0.25) is 5.88 Å². The van der Waals surface area contributed by atoms with E-state index in [2.05, 4.69) is 5.10 Å². The molecule has 0 saturated carbocycles. The zero-order valence-electron chi connectivity index (χ0n) is 5.82. The van der Waals surface area contributed by atoms with Crippen LogP contribution in [0.3, 0.4) is 0 Å². The zero-order valence-corrected chi connectivity index (χ0v) is 5.82. The van der Waals surface area contributed by atoms with Crippen molar-refractivity contribution in [3.05, 3.63) is 12.3 Å². The minimum Gasteiger partial charge on any atom is -0.474 e. The highest BCUT2D eigenvalue weighted by Gasteiger charge is 1.93. The van der Waals surface area contributed by atoms with Crippen molar-refractivity contribution in [2.75, 3.05) is 13.2 Å². The minimum atomic E-state index is 0.0244. The Balaban J connectivity index is 2.42. The van der Waals surface area contributed by atoms with E-state index >= 15 is 0 Å². The summed E-state index contributed by atoms with van der Waals surface area (Å²) < 4.78 is 6.64. The summed E-state index contributed by atoms with van der Waals surface area (Å²) in [5.41, 5.74) is 0. The fourth-order valence-electron chi connectivity index (χ4n) is 0.621. The van der Waals surface area contributed by atoms with Crippen molar-refractivity contribution in [2.24, 2.45) is 7.05 Å². The molecular formula is C6H10N2O2. The number of aliphatic hydroxyl groups is 1. The third-order valence-corrected chi connectivity index (χ3v) is 1.03. The molecule has 0 aliphatic heterocycles. The Bertz CT molecular complexity index is 197. The third-order valence-electron chi connectivity index (χ3n) is 1.03. The fraction of sp³-hybridized carbons (Fsp3) is 0.500. The van der Waals surface area contributed by atoms with Crippen molar-refractivity contribution in [3.63, 3.8) is 0 Å². The number of nitrogens with zero attached hydrogens (tertiary/aromatic N) is 2. The Morgan fingerprint density at radius 1 is 1.80 bits per heavy atom. The lowest BCUT2D eigenvalue weighted by atomic mass is 10.7. The second-order valence-electron chi connectivity index (χ2n) is 1.90. The molecule has 0 spiro atoms. The molecule has 1 N–H and O–H groups in total. The van der Waals surface area contributed by atoms with E-state index in [4.69, 9.17) is 9.84 Å². The summed E-state index contributed by atoms with van der Waals surface area (Å²) >= 11 is 0. The van der Waals surface area contributed by atoms with Crippen LogP contribution in [-0.2, 0) is 7.05 Å². The molecule has 0 atom stereocenters. The van der Waals surface area contributed by atoms with E-state index in [-0.39, 0.29) is 6.61 Å². The van der Waals surface area contributed by atoms with Crippen molar-refractivity contribution in [2.45, 2.75) is 0 Å². The average Bonchev–Trinajstić information content (AvgIpc) is 2.31. The SMILES string of the molecule is Cn1ccc(OCCO)n1. The minimum absolute atomic E-state index is 0.0244. The quantitative estimate of drug-likeness (QED) is 0.635. The molecule has 1 aromatic heterocycles. The van der Waals surface area contributed by atoms with Gasteiger partial charge in [0.15, 0.2) is 0 Å². The van der Waals surface area contributed by atoms with Gasteiger partial charge in [-0.3, -0.25) is 4.68 Å². The van der Waals surface area contributed by atoms with E-state index in [9.17, 15) is 0 Å². The van der Waals surface area contributed by atoms with Crippen molar-refractivity contribution in [1.82, 2.24) is 9.78 Å². The van der Waals surface area contributed by atoms with Gasteiger partial charge in [0.05, 0.1) is 6.61 Å². The summed E-state index contributed by atoms with van der Waals surface area (Å²) in [5.74, 6) is 0.552. The van der Waals surface area contributed by atoms with Gasteiger partial charge in [0.25, 0.3) is 0 Å². The highest BCUT2D eigenvalue weighted by molar-refractivity contribution is 5.04. The van der Waals surface area contributed by atoms with Gasteiger partial charge in [0, 0.05) is 19.3 Å². The maximum Gasteiger partial charge on any atom is 0.232 e. The lowest BCUT2D eigenvalue weighted by Crippen LogP contribution is -2.02. The first kappa shape index (κ1) is 7.08. The van der Waals surface area contributed by atoms with Gasteiger partial charge in [-0.1, -0.05) is 0 Å². The standard InChI is InChI=1S/C6H10N2O2/c1-8-3-2-6(7-8)10-5-4-9/h2-3,9H,4-5H2,1H3. The summed E-state index contributed by atoms with van der Waals surface area (Å²) in [7, 11) is 1.81. The van der Waals surface area contributed by atoms with Crippen LogP contribution < -0.4 is 4.74 Å². The maximum absolute atomic E-state index is 8.37. The molecular weight excluding hydrogens is 132 g/mol. The molecule has 0 aliphatic rings. The molecule has 0 aromatic carbocycles. The monoisotopic (exact) mass is 142 g/mol. The Morgan fingerprint density at radius 2 is 2.60 bits per heavy atom. The molecule has 10 heavy (non-hydrogen) atoms. The largest absolute Gasteiger partial charge is 0.474 e. The molecule has 0 bridgehead atoms. The van der Waals surface area contributed by atoms with Gasteiger partial charge in [-0.25, -0.2) is 0 Å². The van der Waals surface area contributed by atoms with Gasteiger partial charge in [-0.15, -0.1) is 5.10 Å². The number of hydrogen-bond donors (Lipinski definition) is 1. The Labute approximate surface area is 59.0 Å². The average molecular weight is 142 g/mol. The highest BCUT2D eigenvalue weighted by Crippen LogP contribution is 2.02. The van der Waals surface area contributed by atoms with Crippen LogP contribution in [0.2, 0.25) is 0 Å². The summed E-state index contributed by atoms with van der Waals surface area (Å²) in [6, 6.07) is 1.75. The molecule has 1 aromatic rings. The zero-order chi connectivity index (χ0) is 7.40. The Hall–Kier alpha value is -1.03. The second kappa shape index (κ2) is 3.22. The van der Waals surface area contributed by atoms with Crippen molar-refractivity contribution in [3.8, 4) is 5.88 Å². The van der Waals surface area contributed by atoms with Gasteiger partial charge in [-0.2, -0.15) is 0 Å². The Morgan fingerprint density at radius 3 is 3.10 bits per heavy atom. The van der Waals surface area contributed by atoms with Gasteiger partial charge in [-0.05, 0) is 0 Å². The van der Waals surface area contributed by atoms with Crippen LogP contribution in [0.1, 0.15) is 0 Å². The molecule has 0 amide bonds. The number of rotatable bonds is 3. The molecule has 0 saturated heterocycles. The van der Waals surface area contributed by atoms with E-state index in [1.807, 2.05) is 7.05 Å². The maximum atomic E-state index is 8.37. The topological polar surface area (TPSA) is 47.3 Å². The van der Waals surface area contributed by atoms with E-state index in [0.29, 0.717) is 12.5 Å². The van der Waals surface area contributed by atoms with Crippen LogP contribution in [0.5, 0.6) is 5.88 Å². The number of hydrogen-bond acceptors (Lipinski definition) is 3. The predicted molar refractivity (Wildman–Crippen MR) is 35.8 cm³/mol. The van der Waals surface area contributed by atoms with Crippen molar-refractivity contribution in [1.29, 1.82) is 0 Å². The van der Waals surface area contributed by atoms with Crippen LogP contribution in [0.25, 0.3) is 0 Å². The molecule has 1 rings (SSSR count). The molecule has 0 fully saturated rings. The van der Waals surface area contributed by atoms with Crippen LogP contribution in [0.4, 0.5) is 0 Å². The van der Waals surface area contributed by atoms with Gasteiger partial charge >= 0.3 is 0 Å². The summed E-state index contributed by atoms with van der Waals surface area (Å²) in [6.07, 6.45) is 1.78. The van der Waals surface area contributed by atoms with Crippen molar-refractivity contribution >= 4 is 0 Å². The molecule has 56 valence electrons. The number of aryl methyl sites for hydroxylation is 1. The van der Waals surface area contributed by atoms with E-state index < -0.39 is 0 Å². The normalized spacial score (nSPS) is 9.80. The first-order valence-corrected chi connectivity index (χ1v) is 3.06. The fourth-order valence-corrected chi connectivity index (χ4v) is 0.621. The molecule has 4 heteroatoms. The van der Waals surface area contributed by atoms with Gasteiger partial charge < -0.3 is 9.84 Å². The van der Waals surface area contributed by atoms with E-state index in [0.717, 1.165) is 0 Å². The van der Waals surface area contributed by atoms with Crippen molar-refractivity contribution < 1.29 is 9.84 Å². The van der Waals surface area contributed by atoms with E-state index in [1.165, 1.54) is 0 Å². The number of aromatic nitrogens is 2. The van der Waals surface area contributed by atoms with Gasteiger partial charge in [0.1, 0.15) is 6.61 Å². The van der Waals surface area contributed by atoms with Crippen LogP contribution >= 0.6 is 0 Å². The lowest BCUT2D eigenvalue weighted by Gasteiger charge is -1.96. The highest BCUT2D eigenvalue weighted by atomic mass is 16.5. The molecule has 0 aliphatic carbocycles. The number of ether oxygens (including phenoxy) is 1. The summed E-state index contributed by atoms with van der Waals surface area (Å²) in [4.78, 5) is 0. The Kier molecular flexibility index (Phi) is 2.28. The first-order valence-electron chi connectivity index (χ1n) is 3.06. The lowest BCUT2D eigenvalue weighted by molar-refractivity contribution is 0.196. The predicted octanol–water partition coefficient (Wildman–Crippen LogP) is -0.209. The smallest absolute Gasteiger partial charge is 0.232 e. The van der Waals surface area contributed by atoms with E-state index in [1.54, 1.807) is 16.9 Å². The summed E-state index contributed by atoms with van der Waals surface area (Å²) in [5, 5.41) is 12.3. The third kappa shape index (κ3) is 1.73. The summed E-state index contributed by atoms with van der Waals surface area (Å²) in [6.45, 7) is 0.327. The molecule has 0 radical (unpaired) electrons. The van der Waals surface area contributed by atoms with Crippen LogP contribution in [0.15, 0.2) is 12.3 Å².